The van der Waals surface area contributed by atoms with Crippen molar-refractivity contribution in [2.24, 2.45) is 0 Å². The van der Waals surface area contributed by atoms with Gasteiger partial charge in [0.15, 0.2) is 5.78 Å². The number of benzene rings is 2. The highest BCUT2D eigenvalue weighted by Crippen LogP contribution is 2.28. The number of rotatable bonds is 4. The zero-order chi connectivity index (χ0) is 22.2. The Kier molecular flexibility index (Phi) is 4.95. The van der Waals surface area contributed by atoms with Crippen molar-refractivity contribution < 1.29 is 25.3 Å². The summed E-state index contributed by atoms with van der Waals surface area (Å²) >= 11 is 0. The lowest BCUT2D eigenvalue weighted by molar-refractivity contribution is -0.122. The molecule has 1 fully saturated rings. The Bertz CT molecular complexity index is 1180. The zero-order valence-electron chi connectivity index (χ0n) is 16.9. The highest BCUT2D eigenvalue weighted by atomic mass is 16.5. The Balaban J connectivity index is 0.00000289. The van der Waals surface area contributed by atoms with Crippen LogP contribution in [0.2, 0.25) is 0 Å². The summed E-state index contributed by atoms with van der Waals surface area (Å²) < 4.78 is 5.18. The minimum Gasteiger partial charge on any atom is -0.497 e. The van der Waals surface area contributed by atoms with Crippen molar-refractivity contribution in [3.8, 4) is 17.6 Å². The number of methoxy groups -OCH3 is 1. The average Bonchev–Trinajstić information content (AvgIpc) is 3.21. The number of carbonyl (C=O) groups is 4. The standard InChI is InChI=1S/C23H19N3O5.H2/c1-14(27)16-5-3-15(4-6-16)9-10-23(21(29)24-22(30)25-23)13-26-12-17-7-8-18(31-2)11-19(17)20(26)28;/h3-8,11H,12-13H2,1-2H3,(H2,24,25,29,30);1H/t23-;/m1./s1. The third kappa shape index (κ3) is 3.73. The second-order valence-electron chi connectivity index (χ2n) is 7.38. The van der Waals surface area contributed by atoms with Gasteiger partial charge in [0.1, 0.15) is 5.75 Å². The molecule has 2 heterocycles. The van der Waals surface area contributed by atoms with Gasteiger partial charge in [0.2, 0.25) is 5.54 Å². The highest BCUT2D eigenvalue weighted by molar-refractivity contribution is 6.10. The molecular weight excluding hydrogens is 398 g/mol. The number of urea groups is 1. The van der Waals surface area contributed by atoms with Gasteiger partial charge in [0.25, 0.3) is 11.8 Å². The molecule has 4 rings (SSSR count). The van der Waals surface area contributed by atoms with E-state index in [0.29, 0.717) is 22.4 Å². The van der Waals surface area contributed by atoms with Crippen molar-refractivity contribution in [2.75, 3.05) is 13.7 Å². The predicted molar refractivity (Wildman–Crippen MR) is 113 cm³/mol. The molecule has 0 unspecified atom stereocenters. The number of nitrogens with zero attached hydrogens (tertiary/aromatic N) is 1. The van der Waals surface area contributed by atoms with E-state index in [1.165, 1.54) is 18.9 Å². The quantitative estimate of drug-likeness (QED) is 0.446. The second-order valence-corrected chi connectivity index (χ2v) is 7.38. The SMILES string of the molecule is COc1ccc2c(c1)C(=O)N(C[C@@]1(C#Cc3ccc(C(C)=O)cc3)NC(=O)NC1=O)C2.[HH]. The van der Waals surface area contributed by atoms with Crippen LogP contribution < -0.4 is 15.4 Å². The fraction of sp³-hybridized carbons (Fsp3) is 0.217. The van der Waals surface area contributed by atoms with E-state index in [-0.39, 0.29) is 26.2 Å². The summed E-state index contributed by atoms with van der Waals surface area (Å²) in [5.74, 6) is 5.32. The van der Waals surface area contributed by atoms with Crippen LogP contribution in [0.3, 0.4) is 0 Å². The van der Waals surface area contributed by atoms with Gasteiger partial charge in [-0.1, -0.05) is 30.0 Å². The maximum Gasteiger partial charge on any atom is 0.323 e. The molecule has 0 radical (unpaired) electrons. The number of amides is 4. The Morgan fingerprint density at radius 2 is 1.94 bits per heavy atom. The molecule has 31 heavy (non-hydrogen) atoms. The van der Waals surface area contributed by atoms with E-state index < -0.39 is 17.5 Å². The van der Waals surface area contributed by atoms with Gasteiger partial charge in [-0.15, -0.1) is 0 Å². The maximum absolute atomic E-state index is 12.9. The number of fused-ring (bicyclic) bond motifs is 1. The minimum atomic E-state index is -1.59. The summed E-state index contributed by atoms with van der Waals surface area (Å²) in [6.07, 6.45) is 0. The van der Waals surface area contributed by atoms with Crippen LogP contribution in [0.25, 0.3) is 0 Å². The van der Waals surface area contributed by atoms with Crippen molar-refractivity contribution in [3.63, 3.8) is 0 Å². The number of ether oxygens (including phenoxy) is 1. The number of imide groups is 1. The lowest BCUT2D eigenvalue weighted by Crippen LogP contribution is -2.54. The van der Waals surface area contributed by atoms with Crippen molar-refractivity contribution >= 4 is 23.6 Å². The second kappa shape index (κ2) is 7.61. The molecule has 0 aliphatic carbocycles. The van der Waals surface area contributed by atoms with E-state index >= 15 is 0 Å². The van der Waals surface area contributed by atoms with E-state index in [2.05, 4.69) is 22.5 Å². The van der Waals surface area contributed by atoms with Crippen LogP contribution in [0.15, 0.2) is 42.5 Å². The molecule has 2 aromatic carbocycles. The van der Waals surface area contributed by atoms with Crippen molar-refractivity contribution in [1.29, 1.82) is 0 Å². The summed E-state index contributed by atoms with van der Waals surface area (Å²) in [5, 5.41) is 4.77. The lowest BCUT2D eigenvalue weighted by atomic mass is 9.98. The molecule has 2 aliphatic rings. The van der Waals surface area contributed by atoms with Gasteiger partial charge in [-0.05, 0) is 36.8 Å². The smallest absolute Gasteiger partial charge is 0.323 e. The molecule has 1 saturated heterocycles. The van der Waals surface area contributed by atoms with Crippen LogP contribution in [0.5, 0.6) is 5.75 Å². The average molecular weight is 419 g/mol. The molecule has 0 spiro atoms. The number of nitrogens with one attached hydrogen (secondary N) is 2. The molecule has 4 amide bonds. The summed E-state index contributed by atoms with van der Waals surface area (Å²) in [6.45, 7) is 1.64. The van der Waals surface area contributed by atoms with Gasteiger partial charge in [-0.25, -0.2) is 4.79 Å². The number of Topliss-reactive ketones (excluding diaryl/α,β-unsaturated/α-hetero) is 1. The molecule has 2 N–H and O–H groups in total. The Labute approximate surface area is 180 Å². The van der Waals surface area contributed by atoms with Crippen LogP contribution in [0, 0.1) is 11.8 Å². The van der Waals surface area contributed by atoms with Gasteiger partial charge in [0, 0.05) is 24.7 Å². The van der Waals surface area contributed by atoms with Crippen LogP contribution in [0.1, 0.15) is 40.2 Å². The summed E-state index contributed by atoms with van der Waals surface area (Å²) in [7, 11) is 1.52. The molecular formula is C23H21N3O5. The number of hydrogen-bond donors (Lipinski definition) is 2. The maximum atomic E-state index is 12.9. The van der Waals surface area contributed by atoms with Crippen LogP contribution in [-0.2, 0) is 11.3 Å². The molecule has 8 nitrogen and oxygen atoms in total. The lowest BCUT2D eigenvalue weighted by Gasteiger charge is -2.26. The van der Waals surface area contributed by atoms with Gasteiger partial charge in [-0.2, -0.15) is 0 Å². The molecule has 0 saturated carbocycles. The Morgan fingerprint density at radius 3 is 2.55 bits per heavy atom. The van der Waals surface area contributed by atoms with Crippen molar-refractivity contribution in [1.82, 2.24) is 15.5 Å². The summed E-state index contributed by atoms with van der Waals surface area (Å²) in [6, 6.07) is 11.1. The van der Waals surface area contributed by atoms with E-state index in [4.69, 9.17) is 4.74 Å². The van der Waals surface area contributed by atoms with Crippen molar-refractivity contribution in [2.45, 2.75) is 19.0 Å². The van der Waals surface area contributed by atoms with Gasteiger partial charge < -0.3 is 15.0 Å². The number of ketones is 1. The summed E-state index contributed by atoms with van der Waals surface area (Å²) in [4.78, 5) is 50.3. The Morgan fingerprint density at radius 1 is 1.19 bits per heavy atom. The fourth-order valence-electron chi connectivity index (χ4n) is 3.58. The number of carbonyl (C=O) groups excluding carboxylic acids is 4. The fourth-order valence-corrected chi connectivity index (χ4v) is 3.58. The van der Waals surface area contributed by atoms with E-state index in [0.717, 1.165) is 5.56 Å². The first kappa shape index (κ1) is 20.2. The molecule has 2 aromatic rings. The summed E-state index contributed by atoms with van der Waals surface area (Å²) in [5.41, 5.74) is 0.825. The third-order valence-electron chi connectivity index (χ3n) is 5.28. The first-order valence-corrected chi connectivity index (χ1v) is 9.55. The van der Waals surface area contributed by atoms with Crippen LogP contribution in [-0.4, -0.2) is 47.7 Å². The molecule has 0 bridgehead atoms. The topological polar surface area (TPSA) is 105 Å². The highest BCUT2D eigenvalue weighted by Gasteiger charge is 2.48. The third-order valence-corrected chi connectivity index (χ3v) is 5.28. The molecule has 8 heteroatoms. The van der Waals surface area contributed by atoms with E-state index in [1.54, 1.807) is 42.5 Å². The number of hydrogen-bond acceptors (Lipinski definition) is 5. The van der Waals surface area contributed by atoms with Gasteiger partial charge in [0.05, 0.1) is 13.7 Å². The van der Waals surface area contributed by atoms with E-state index in [9.17, 15) is 19.2 Å². The normalized spacial score (nSPS) is 19.3. The van der Waals surface area contributed by atoms with Crippen molar-refractivity contribution in [3.05, 3.63) is 64.7 Å². The van der Waals surface area contributed by atoms with Crippen LogP contribution >= 0.6 is 0 Å². The van der Waals surface area contributed by atoms with Gasteiger partial charge in [-0.3, -0.25) is 19.7 Å². The van der Waals surface area contributed by atoms with E-state index in [1.807, 2.05) is 0 Å². The Hall–Kier alpha value is -4.12. The largest absolute Gasteiger partial charge is 0.497 e. The predicted octanol–water partition coefficient (Wildman–Crippen LogP) is 1.73. The molecule has 0 aromatic heterocycles. The molecule has 2 aliphatic heterocycles. The zero-order valence-corrected chi connectivity index (χ0v) is 16.9. The first-order valence-electron chi connectivity index (χ1n) is 9.55. The first-order chi connectivity index (χ1) is 14.8. The molecule has 1 atom stereocenters. The van der Waals surface area contributed by atoms with Gasteiger partial charge >= 0.3 is 6.03 Å². The minimum absolute atomic E-state index is 0. The molecule has 158 valence electrons. The van der Waals surface area contributed by atoms with Crippen LogP contribution in [0.4, 0.5) is 4.79 Å². The monoisotopic (exact) mass is 419 g/mol.